The fraction of sp³-hybridized carbons (Fsp3) is 0.667. The molecule has 0 saturated heterocycles. The van der Waals surface area contributed by atoms with Gasteiger partial charge in [-0.1, -0.05) is 49.8 Å². The lowest BCUT2D eigenvalue weighted by Crippen LogP contribution is -2.59. The van der Waals surface area contributed by atoms with E-state index in [-0.39, 0.29) is 22.8 Å². The highest BCUT2D eigenvalue weighted by atomic mass is 16.3. The monoisotopic (exact) mass is 407 g/mol. The van der Waals surface area contributed by atoms with Crippen LogP contribution in [0.2, 0.25) is 0 Å². The molecular weight excluding hydrogens is 370 g/mol. The molecular formula is C27H37NO2. The minimum absolute atomic E-state index is 0.0406. The lowest BCUT2D eigenvalue weighted by Gasteiger charge is -2.60. The molecule has 30 heavy (non-hydrogen) atoms. The number of hydrogen-bond acceptors (Lipinski definition) is 2. The molecule has 5 rings (SSSR count). The fourth-order valence-corrected chi connectivity index (χ4v) is 8.23. The Morgan fingerprint density at radius 1 is 1.17 bits per heavy atom. The van der Waals surface area contributed by atoms with Crippen molar-refractivity contribution in [3.8, 4) is 0 Å². The molecule has 3 heteroatoms. The first kappa shape index (κ1) is 20.3. The number of aliphatic hydroxyl groups is 1. The van der Waals surface area contributed by atoms with E-state index in [9.17, 15) is 9.90 Å². The van der Waals surface area contributed by atoms with Crippen molar-refractivity contribution >= 4 is 5.91 Å². The summed E-state index contributed by atoms with van der Waals surface area (Å²) in [5, 5.41) is 11.5. The van der Waals surface area contributed by atoms with Gasteiger partial charge in [0.05, 0.1) is 6.10 Å². The average Bonchev–Trinajstić information content (AvgIpc) is 2.96. The van der Waals surface area contributed by atoms with Crippen LogP contribution in [0.3, 0.4) is 0 Å². The van der Waals surface area contributed by atoms with Gasteiger partial charge in [-0.05, 0) is 86.2 Å². The maximum atomic E-state index is 12.3. The largest absolute Gasteiger partial charge is 0.392 e. The van der Waals surface area contributed by atoms with Gasteiger partial charge in [0.15, 0.2) is 0 Å². The summed E-state index contributed by atoms with van der Waals surface area (Å²) in [7, 11) is 1.99. The van der Waals surface area contributed by atoms with Gasteiger partial charge in [-0.2, -0.15) is 0 Å². The summed E-state index contributed by atoms with van der Waals surface area (Å²) < 4.78 is 0. The second-order valence-electron chi connectivity index (χ2n) is 11.3. The second kappa shape index (κ2) is 6.95. The zero-order chi connectivity index (χ0) is 21.3. The lowest BCUT2D eigenvalue weighted by molar-refractivity contribution is -0.140. The highest BCUT2D eigenvalue weighted by Crippen LogP contribution is 2.65. The summed E-state index contributed by atoms with van der Waals surface area (Å²) in [6, 6.07) is 9.13. The number of nitrogens with zero attached hydrogens (tertiary/aromatic N) is 1. The fourth-order valence-electron chi connectivity index (χ4n) is 8.23. The summed E-state index contributed by atoms with van der Waals surface area (Å²) in [6.45, 7) is 6.92. The Bertz CT molecular complexity index is 877. The number of aliphatic hydroxyl groups excluding tert-OH is 1. The molecule has 0 radical (unpaired) electrons. The minimum atomic E-state index is -0.208. The standard InChI is InChI=1S/C27H37NO2/c1-17-6-5-7-18(14-17)15-19-16-22-20-8-9-23-26(2,13-11-24(29)28(23)4)21(20)10-12-27(22,3)25(19)30/h5-7,11,13-14,19-23,25,30H,8-10,12,15-16H2,1-4H3/t19-,20+,21-,22-,23+,25-,26+,27-/m0/s1. The number of aryl methyl sites for hydroxylation is 1. The van der Waals surface area contributed by atoms with Gasteiger partial charge in [0.25, 0.3) is 0 Å². The van der Waals surface area contributed by atoms with E-state index in [1.165, 1.54) is 24.0 Å². The molecule has 0 bridgehead atoms. The van der Waals surface area contributed by atoms with Crippen molar-refractivity contribution in [2.75, 3.05) is 7.05 Å². The van der Waals surface area contributed by atoms with E-state index in [1.54, 1.807) is 0 Å². The van der Waals surface area contributed by atoms with E-state index in [0.717, 1.165) is 25.7 Å². The Morgan fingerprint density at radius 2 is 1.97 bits per heavy atom. The van der Waals surface area contributed by atoms with Crippen LogP contribution in [0.1, 0.15) is 57.1 Å². The van der Waals surface area contributed by atoms with Crippen molar-refractivity contribution in [3.63, 3.8) is 0 Å². The molecule has 0 aromatic heterocycles. The Hall–Kier alpha value is -1.61. The van der Waals surface area contributed by atoms with Crippen molar-refractivity contribution < 1.29 is 9.90 Å². The zero-order valence-electron chi connectivity index (χ0n) is 19.0. The predicted octanol–water partition coefficient (Wildman–Crippen LogP) is 4.76. The van der Waals surface area contributed by atoms with Gasteiger partial charge in [-0.3, -0.25) is 4.79 Å². The van der Waals surface area contributed by atoms with E-state index in [1.807, 2.05) is 18.0 Å². The molecule has 1 aliphatic heterocycles. The van der Waals surface area contributed by atoms with Gasteiger partial charge in [-0.25, -0.2) is 0 Å². The molecule has 1 heterocycles. The molecule has 0 spiro atoms. The third-order valence-electron chi connectivity index (χ3n) is 9.82. The van der Waals surface area contributed by atoms with Crippen LogP contribution >= 0.6 is 0 Å². The predicted molar refractivity (Wildman–Crippen MR) is 120 cm³/mol. The molecule has 8 atom stereocenters. The maximum absolute atomic E-state index is 12.3. The number of likely N-dealkylation sites (N-methyl/N-ethyl adjacent to an activating group) is 1. The highest BCUT2D eigenvalue weighted by Gasteiger charge is 2.62. The van der Waals surface area contributed by atoms with Crippen molar-refractivity contribution in [1.82, 2.24) is 4.90 Å². The molecule has 4 aliphatic rings. The zero-order valence-corrected chi connectivity index (χ0v) is 19.0. The van der Waals surface area contributed by atoms with Crippen LogP contribution in [0.5, 0.6) is 0 Å². The molecule has 3 fully saturated rings. The van der Waals surface area contributed by atoms with Crippen molar-refractivity contribution in [2.45, 2.75) is 71.4 Å². The number of amides is 1. The average molecular weight is 408 g/mol. The second-order valence-corrected chi connectivity index (χ2v) is 11.3. The number of rotatable bonds is 2. The molecule has 3 saturated carbocycles. The number of carbonyl (C=O) groups excluding carboxylic acids is 1. The number of carbonyl (C=O) groups is 1. The maximum Gasteiger partial charge on any atom is 0.246 e. The first-order chi connectivity index (χ1) is 14.2. The van der Waals surface area contributed by atoms with Crippen LogP contribution < -0.4 is 0 Å². The highest BCUT2D eigenvalue weighted by molar-refractivity contribution is 5.89. The SMILES string of the molecule is Cc1cccc(C[C@H]2C[C@H]3[C@@H]4CC[C@H]5N(C)C(=O)C=C[C@]5(C)[C@H]4CC[C@]3(C)[C@H]2O)c1. The van der Waals surface area contributed by atoms with E-state index < -0.39 is 0 Å². The molecule has 1 N–H and O–H groups in total. The minimum Gasteiger partial charge on any atom is -0.392 e. The molecule has 3 aliphatic carbocycles. The summed E-state index contributed by atoms with van der Waals surface area (Å²) in [6.07, 6.45) is 10.6. The van der Waals surface area contributed by atoms with E-state index in [2.05, 4.69) is 51.1 Å². The molecule has 1 aromatic rings. The van der Waals surface area contributed by atoms with Gasteiger partial charge < -0.3 is 10.0 Å². The van der Waals surface area contributed by atoms with Gasteiger partial charge in [0.2, 0.25) is 5.91 Å². The molecule has 3 nitrogen and oxygen atoms in total. The molecule has 162 valence electrons. The van der Waals surface area contributed by atoms with Crippen LogP contribution in [-0.4, -0.2) is 35.1 Å². The van der Waals surface area contributed by atoms with Crippen LogP contribution in [0.4, 0.5) is 0 Å². The lowest BCUT2D eigenvalue weighted by atomic mass is 9.48. The smallest absolute Gasteiger partial charge is 0.246 e. The molecule has 1 amide bonds. The number of benzene rings is 1. The Morgan fingerprint density at radius 3 is 2.73 bits per heavy atom. The number of fused-ring (bicyclic) bond motifs is 5. The van der Waals surface area contributed by atoms with Gasteiger partial charge >= 0.3 is 0 Å². The normalized spacial score (nSPS) is 45.1. The van der Waals surface area contributed by atoms with E-state index in [0.29, 0.717) is 29.7 Å². The van der Waals surface area contributed by atoms with Gasteiger partial charge in [-0.15, -0.1) is 0 Å². The first-order valence-corrected chi connectivity index (χ1v) is 11.9. The summed E-state index contributed by atoms with van der Waals surface area (Å²) in [4.78, 5) is 14.3. The van der Waals surface area contributed by atoms with Crippen LogP contribution in [0.15, 0.2) is 36.4 Å². The Balaban J connectivity index is 1.42. The molecule has 1 aromatic carbocycles. The van der Waals surface area contributed by atoms with E-state index in [4.69, 9.17) is 0 Å². The van der Waals surface area contributed by atoms with Gasteiger partial charge in [0, 0.05) is 18.5 Å². The third-order valence-corrected chi connectivity index (χ3v) is 9.82. The van der Waals surface area contributed by atoms with Crippen molar-refractivity contribution in [3.05, 3.63) is 47.5 Å². The van der Waals surface area contributed by atoms with Crippen molar-refractivity contribution in [2.24, 2.45) is 34.5 Å². The molecule has 0 unspecified atom stereocenters. The summed E-state index contributed by atoms with van der Waals surface area (Å²) in [5.41, 5.74) is 2.78. The van der Waals surface area contributed by atoms with Crippen LogP contribution in [-0.2, 0) is 11.2 Å². The van der Waals surface area contributed by atoms with Crippen molar-refractivity contribution in [1.29, 1.82) is 0 Å². The Labute approximate surface area is 181 Å². The summed E-state index contributed by atoms with van der Waals surface area (Å²) >= 11 is 0. The topological polar surface area (TPSA) is 40.5 Å². The van der Waals surface area contributed by atoms with Crippen LogP contribution in [0.25, 0.3) is 0 Å². The van der Waals surface area contributed by atoms with Crippen LogP contribution in [0, 0.1) is 41.4 Å². The third kappa shape index (κ3) is 2.84. The number of hydrogen-bond donors (Lipinski definition) is 1. The van der Waals surface area contributed by atoms with Gasteiger partial charge in [0.1, 0.15) is 0 Å². The Kier molecular flexibility index (Phi) is 4.70. The first-order valence-electron chi connectivity index (χ1n) is 11.9. The quantitative estimate of drug-likeness (QED) is 0.768. The van der Waals surface area contributed by atoms with E-state index >= 15 is 0 Å². The summed E-state index contributed by atoms with van der Waals surface area (Å²) in [5.74, 6) is 2.39.